The number of hydrogen-bond donors (Lipinski definition) is 1. The average Bonchev–Trinajstić information content (AvgIpc) is 2.07. The molecule has 0 aromatic carbocycles. The van der Waals surface area contributed by atoms with E-state index in [2.05, 4.69) is 38.7 Å². The van der Waals surface area contributed by atoms with E-state index in [0.717, 1.165) is 13.1 Å². The molecule has 2 N–H and O–H groups in total. The Bertz CT molecular complexity index is 213. The molecule has 0 bridgehead atoms. The maximum Gasteiger partial charge on any atom is 0.0217 e. The second-order valence-corrected chi connectivity index (χ2v) is 5.53. The lowest BCUT2D eigenvalue weighted by Gasteiger charge is -2.34. The Hall–Kier alpha value is -0.340. The van der Waals surface area contributed by atoms with Gasteiger partial charge in [0, 0.05) is 25.7 Å². The summed E-state index contributed by atoms with van der Waals surface area (Å²) < 4.78 is 0. The zero-order valence-electron chi connectivity index (χ0n) is 10.0. The van der Waals surface area contributed by atoms with Crippen molar-refractivity contribution in [2.45, 2.75) is 40.2 Å². The maximum atomic E-state index is 6.15. The normalized spacial score (nSPS) is 21.9. The maximum absolute atomic E-state index is 6.15. The van der Waals surface area contributed by atoms with Crippen LogP contribution < -0.4 is 5.73 Å². The lowest BCUT2D eigenvalue weighted by molar-refractivity contribution is 0.208. The zero-order chi connectivity index (χ0) is 10.8. The third-order valence-corrected chi connectivity index (χ3v) is 3.09. The molecule has 0 aromatic rings. The van der Waals surface area contributed by atoms with E-state index in [4.69, 9.17) is 5.73 Å². The second kappa shape index (κ2) is 4.45. The van der Waals surface area contributed by atoms with Crippen molar-refractivity contribution in [1.29, 1.82) is 0 Å². The molecular weight excluding hydrogens is 172 g/mol. The van der Waals surface area contributed by atoms with Crippen LogP contribution in [0.1, 0.15) is 34.1 Å². The first-order chi connectivity index (χ1) is 6.39. The fraction of sp³-hybridized carbons (Fsp3) is 0.833. The van der Waals surface area contributed by atoms with Crippen LogP contribution in [0, 0.1) is 5.41 Å². The Morgan fingerprint density at radius 3 is 2.57 bits per heavy atom. The van der Waals surface area contributed by atoms with E-state index in [9.17, 15) is 0 Å². The van der Waals surface area contributed by atoms with Crippen molar-refractivity contribution >= 4 is 0 Å². The Balaban J connectivity index is 2.39. The monoisotopic (exact) mass is 196 g/mol. The molecule has 0 fully saturated rings. The molecule has 1 aliphatic heterocycles. The largest absolute Gasteiger partial charge is 0.326 e. The molecule has 0 saturated heterocycles. The first-order valence-electron chi connectivity index (χ1n) is 5.53. The highest BCUT2D eigenvalue weighted by molar-refractivity contribution is 5.04. The van der Waals surface area contributed by atoms with E-state index in [1.165, 1.54) is 18.5 Å². The summed E-state index contributed by atoms with van der Waals surface area (Å²) >= 11 is 0. The number of nitrogens with two attached hydrogens (primary N) is 1. The predicted octanol–water partition coefficient (Wildman–Crippen LogP) is 2.01. The highest BCUT2D eigenvalue weighted by atomic mass is 15.1. The number of nitrogens with zero attached hydrogens (tertiary/aromatic N) is 1. The van der Waals surface area contributed by atoms with Gasteiger partial charge in [0.05, 0.1) is 0 Å². The third kappa shape index (κ3) is 3.43. The van der Waals surface area contributed by atoms with Gasteiger partial charge < -0.3 is 5.73 Å². The van der Waals surface area contributed by atoms with Gasteiger partial charge in [-0.1, -0.05) is 32.4 Å². The van der Waals surface area contributed by atoms with E-state index in [1.807, 2.05) is 0 Å². The molecule has 0 saturated carbocycles. The van der Waals surface area contributed by atoms with Gasteiger partial charge in [-0.2, -0.15) is 0 Å². The molecule has 0 spiro atoms. The standard InChI is InChI=1S/C12H24N2/c1-10-5-7-14(8-6-10)9-11(13)12(2,3)4/h5,11H,6-9,13H2,1-4H3. The van der Waals surface area contributed by atoms with Gasteiger partial charge in [-0.05, 0) is 18.8 Å². The van der Waals surface area contributed by atoms with Crippen LogP contribution in [0.15, 0.2) is 11.6 Å². The van der Waals surface area contributed by atoms with Gasteiger partial charge in [-0.25, -0.2) is 0 Å². The number of hydrogen-bond acceptors (Lipinski definition) is 2. The second-order valence-electron chi connectivity index (χ2n) is 5.53. The number of rotatable bonds is 2. The first-order valence-corrected chi connectivity index (χ1v) is 5.53. The summed E-state index contributed by atoms with van der Waals surface area (Å²) in [4.78, 5) is 2.45. The summed E-state index contributed by atoms with van der Waals surface area (Å²) in [6.45, 7) is 12.1. The van der Waals surface area contributed by atoms with Crippen molar-refractivity contribution in [3.05, 3.63) is 11.6 Å². The van der Waals surface area contributed by atoms with Crippen molar-refractivity contribution in [1.82, 2.24) is 4.90 Å². The SMILES string of the molecule is CC1=CCN(CC(N)C(C)(C)C)CC1. The molecule has 14 heavy (non-hydrogen) atoms. The van der Waals surface area contributed by atoms with E-state index in [1.54, 1.807) is 0 Å². The highest BCUT2D eigenvalue weighted by Gasteiger charge is 2.23. The van der Waals surface area contributed by atoms with Crippen LogP contribution in [0.3, 0.4) is 0 Å². The Morgan fingerprint density at radius 1 is 1.50 bits per heavy atom. The van der Waals surface area contributed by atoms with Gasteiger partial charge in [0.25, 0.3) is 0 Å². The van der Waals surface area contributed by atoms with E-state index < -0.39 is 0 Å². The van der Waals surface area contributed by atoms with Gasteiger partial charge in [0.1, 0.15) is 0 Å². The van der Waals surface area contributed by atoms with Crippen molar-refractivity contribution in [3.63, 3.8) is 0 Å². The third-order valence-electron chi connectivity index (χ3n) is 3.09. The lowest BCUT2D eigenvalue weighted by Crippen LogP contribution is -2.46. The molecule has 1 aliphatic rings. The molecule has 0 aromatic heterocycles. The Morgan fingerprint density at radius 2 is 2.14 bits per heavy atom. The summed E-state index contributed by atoms with van der Waals surface area (Å²) in [6, 6.07) is 0.273. The molecule has 1 atom stereocenters. The Kier molecular flexibility index (Phi) is 3.73. The minimum atomic E-state index is 0.218. The average molecular weight is 196 g/mol. The quantitative estimate of drug-likeness (QED) is 0.685. The Labute approximate surface area is 88.2 Å². The van der Waals surface area contributed by atoms with E-state index >= 15 is 0 Å². The van der Waals surface area contributed by atoms with Gasteiger partial charge in [0.2, 0.25) is 0 Å². The minimum Gasteiger partial charge on any atom is -0.326 e. The van der Waals surface area contributed by atoms with E-state index in [0.29, 0.717) is 0 Å². The molecular formula is C12H24N2. The smallest absolute Gasteiger partial charge is 0.0217 e. The summed E-state index contributed by atoms with van der Waals surface area (Å²) in [5.41, 5.74) is 7.89. The van der Waals surface area contributed by atoms with Crippen LogP contribution in [0.5, 0.6) is 0 Å². The summed E-state index contributed by atoms with van der Waals surface area (Å²) in [6.07, 6.45) is 3.52. The fourth-order valence-corrected chi connectivity index (χ4v) is 1.53. The van der Waals surface area contributed by atoms with Gasteiger partial charge in [-0.15, -0.1) is 0 Å². The van der Waals surface area contributed by atoms with Crippen LogP contribution in [-0.4, -0.2) is 30.6 Å². The van der Waals surface area contributed by atoms with Crippen molar-refractivity contribution in [2.75, 3.05) is 19.6 Å². The molecule has 1 unspecified atom stereocenters. The van der Waals surface area contributed by atoms with Gasteiger partial charge in [0.15, 0.2) is 0 Å². The van der Waals surface area contributed by atoms with Crippen LogP contribution in [-0.2, 0) is 0 Å². The minimum absolute atomic E-state index is 0.218. The van der Waals surface area contributed by atoms with Crippen LogP contribution in [0.4, 0.5) is 0 Å². The first kappa shape index (κ1) is 11.7. The molecule has 82 valence electrons. The van der Waals surface area contributed by atoms with Gasteiger partial charge in [-0.3, -0.25) is 4.90 Å². The molecule has 2 nitrogen and oxygen atoms in total. The molecule has 1 rings (SSSR count). The highest BCUT2D eigenvalue weighted by Crippen LogP contribution is 2.19. The summed E-state index contributed by atoms with van der Waals surface area (Å²) in [5, 5.41) is 0. The van der Waals surface area contributed by atoms with Crippen LogP contribution in [0.2, 0.25) is 0 Å². The molecule has 0 aliphatic carbocycles. The lowest BCUT2D eigenvalue weighted by atomic mass is 9.87. The van der Waals surface area contributed by atoms with Crippen molar-refractivity contribution in [2.24, 2.45) is 11.1 Å². The topological polar surface area (TPSA) is 29.3 Å². The summed E-state index contributed by atoms with van der Waals surface area (Å²) in [7, 11) is 0. The predicted molar refractivity (Wildman–Crippen MR) is 62.2 cm³/mol. The molecule has 1 heterocycles. The van der Waals surface area contributed by atoms with Crippen molar-refractivity contribution < 1.29 is 0 Å². The fourth-order valence-electron chi connectivity index (χ4n) is 1.53. The van der Waals surface area contributed by atoms with Crippen molar-refractivity contribution in [3.8, 4) is 0 Å². The van der Waals surface area contributed by atoms with Crippen LogP contribution >= 0.6 is 0 Å². The zero-order valence-corrected chi connectivity index (χ0v) is 10.0. The summed E-state index contributed by atoms with van der Waals surface area (Å²) in [5.74, 6) is 0. The molecule has 0 amide bonds. The van der Waals surface area contributed by atoms with E-state index in [-0.39, 0.29) is 11.5 Å². The van der Waals surface area contributed by atoms with Crippen LogP contribution in [0.25, 0.3) is 0 Å². The molecule has 0 radical (unpaired) electrons. The molecule has 2 heteroatoms. The van der Waals surface area contributed by atoms with Gasteiger partial charge >= 0.3 is 0 Å².